The number of likely N-dealkylation sites (N-methyl/N-ethyl adjacent to an activating group) is 2. The normalized spacial score (nSPS) is 11.0. The van der Waals surface area contributed by atoms with E-state index in [2.05, 4.69) is 28.2 Å². The van der Waals surface area contributed by atoms with E-state index in [1.165, 1.54) is 12.1 Å². The van der Waals surface area contributed by atoms with E-state index < -0.39 is 0 Å². The molecule has 0 aliphatic carbocycles. The van der Waals surface area contributed by atoms with E-state index in [9.17, 15) is 9.18 Å². The number of nitrogens with zero attached hydrogens (tertiary/aromatic N) is 4. The van der Waals surface area contributed by atoms with Gasteiger partial charge in [-0.15, -0.1) is 0 Å². The average Bonchev–Trinajstić information content (AvgIpc) is 2.83. The van der Waals surface area contributed by atoms with Gasteiger partial charge in [-0.2, -0.15) is 5.26 Å². The zero-order chi connectivity index (χ0) is 23.9. The lowest BCUT2D eigenvalue weighted by Gasteiger charge is -2.33. The van der Waals surface area contributed by atoms with Gasteiger partial charge in [-0.05, 0) is 50.6 Å². The van der Waals surface area contributed by atoms with Gasteiger partial charge in [0.05, 0.1) is 5.56 Å². The van der Waals surface area contributed by atoms with E-state index in [0.717, 1.165) is 25.0 Å². The first-order valence-corrected chi connectivity index (χ1v) is 10.8. The van der Waals surface area contributed by atoms with Crippen LogP contribution in [-0.4, -0.2) is 60.2 Å². The predicted molar refractivity (Wildman–Crippen MR) is 125 cm³/mol. The molecule has 0 aliphatic rings. The summed E-state index contributed by atoms with van der Waals surface area (Å²) >= 11 is 0. The van der Waals surface area contributed by atoms with Crippen LogP contribution in [0.15, 0.2) is 42.6 Å². The molecule has 1 aromatic heterocycles. The second-order valence-electron chi connectivity index (χ2n) is 7.14. The number of anilines is 1. The zero-order valence-corrected chi connectivity index (χ0v) is 19.4. The molecule has 1 unspecified atom stereocenters. The lowest BCUT2D eigenvalue weighted by Crippen LogP contribution is -2.45. The summed E-state index contributed by atoms with van der Waals surface area (Å²) in [5.41, 5.74) is 1.51. The number of amides is 1. The van der Waals surface area contributed by atoms with E-state index in [4.69, 9.17) is 10.4 Å². The first-order chi connectivity index (χ1) is 15.5. The van der Waals surface area contributed by atoms with Gasteiger partial charge in [-0.3, -0.25) is 4.79 Å². The minimum absolute atomic E-state index is 0.0894. The molecule has 1 amide bonds. The number of nitrogens with one attached hydrogen (secondary N) is 1. The molecule has 0 saturated carbocycles. The van der Waals surface area contributed by atoms with Crippen molar-refractivity contribution in [2.75, 3.05) is 38.2 Å². The van der Waals surface area contributed by atoms with E-state index in [1.807, 2.05) is 24.8 Å². The van der Waals surface area contributed by atoms with E-state index in [-0.39, 0.29) is 17.8 Å². The van der Waals surface area contributed by atoms with Crippen molar-refractivity contribution in [2.45, 2.75) is 39.8 Å². The maximum atomic E-state index is 12.9. The standard InChI is InChI=1S/C23H30FN5O.CH4O/c1-4-28(23(30)12-13-26-15-19-6-9-21(24)10-7-19)17-18(3)29(5-2)22-11-8-20(14-25)16-27-22;1-2/h6-11,16,18,26H,4-5,12-13,15,17H2,1-3H3;2H,1H3. The number of carbonyl (C=O) groups excluding carboxylic acids is 1. The number of aliphatic hydroxyl groups is 1. The molecule has 1 atom stereocenters. The van der Waals surface area contributed by atoms with Crippen molar-refractivity contribution in [1.82, 2.24) is 15.2 Å². The summed E-state index contributed by atoms with van der Waals surface area (Å²) in [6.07, 6.45) is 1.98. The summed E-state index contributed by atoms with van der Waals surface area (Å²) in [5.74, 6) is 0.646. The maximum absolute atomic E-state index is 12.9. The average molecular weight is 444 g/mol. The van der Waals surface area contributed by atoms with Crippen molar-refractivity contribution in [3.05, 3.63) is 59.5 Å². The van der Waals surface area contributed by atoms with Crippen molar-refractivity contribution in [3.63, 3.8) is 0 Å². The monoisotopic (exact) mass is 443 g/mol. The second kappa shape index (κ2) is 14.9. The number of aliphatic hydroxyl groups excluding tert-OH is 1. The van der Waals surface area contributed by atoms with Crippen LogP contribution in [0.2, 0.25) is 0 Å². The highest BCUT2D eigenvalue weighted by Crippen LogP contribution is 2.15. The molecule has 1 heterocycles. The smallest absolute Gasteiger partial charge is 0.223 e. The SMILES string of the molecule is CCN(CC(C)N(CC)c1ccc(C#N)cn1)C(=O)CCNCc1ccc(F)cc1.CO. The number of benzene rings is 1. The summed E-state index contributed by atoms with van der Waals surface area (Å²) in [7, 11) is 1.00. The topological polar surface area (TPSA) is 92.5 Å². The molecule has 0 fully saturated rings. The van der Waals surface area contributed by atoms with Crippen LogP contribution in [0, 0.1) is 17.1 Å². The number of carbonyl (C=O) groups is 1. The molecule has 0 bridgehead atoms. The van der Waals surface area contributed by atoms with Crippen molar-refractivity contribution < 1.29 is 14.3 Å². The Morgan fingerprint density at radius 3 is 2.41 bits per heavy atom. The third-order valence-corrected chi connectivity index (χ3v) is 5.02. The van der Waals surface area contributed by atoms with Crippen LogP contribution in [0.5, 0.6) is 0 Å². The van der Waals surface area contributed by atoms with Crippen molar-refractivity contribution in [1.29, 1.82) is 5.26 Å². The molecular formula is C24H34FN5O2. The molecule has 2 aromatic rings. The number of halogens is 1. The Bertz CT molecular complexity index is 837. The molecule has 8 heteroatoms. The molecule has 32 heavy (non-hydrogen) atoms. The molecule has 0 spiro atoms. The Morgan fingerprint density at radius 1 is 1.19 bits per heavy atom. The Morgan fingerprint density at radius 2 is 1.88 bits per heavy atom. The third-order valence-electron chi connectivity index (χ3n) is 5.02. The van der Waals surface area contributed by atoms with Gasteiger partial charge in [0, 0.05) is 58.5 Å². The molecule has 0 saturated heterocycles. The minimum Gasteiger partial charge on any atom is -0.400 e. The fourth-order valence-electron chi connectivity index (χ4n) is 3.33. The first-order valence-electron chi connectivity index (χ1n) is 10.8. The van der Waals surface area contributed by atoms with Gasteiger partial charge in [0.15, 0.2) is 0 Å². The van der Waals surface area contributed by atoms with Gasteiger partial charge in [-0.25, -0.2) is 9.37 Å². The Kier molecular flexibility index (Phi) is 12.6. The van der Waals surface area contributed by atoms with Gasteiger partial charge < -0.3 is 20.2 Å². The van der Waals surface area contributed by atoms with Gasteiger partial charge in [0.2, 0.25) is 5.91 Å². The van der Waals surface area contributed by atoms with Crippen LogP contribution < -0.4 is 10.2 Å². The van der Waals surface area contributed by atoms with Crippen LogP contribution >= 0.6 is 0 Å². The number of hydrogen-bond donors (Lipinski definition) is 2. The number of nitriles is 1. The van der Waals surface area contributed by atoms with Crippen molar-refractivity contribution in [2.24, 2.45) is 0 Å². The molecule has 1 aromatic carbocycles. The van der Waals surface area contributed by atoms with E-state index >= 15 is 0 Å². The zero-order valence-electron chi connectivity index (χ0n) is 19.4. The Hall–Kier alpha value is -3.02. The predicted octanol–water partition coefficient (Wildman–Crippen LogP) is 2.94. The van der Waals surface area contributed by atoms with E-state index in [0.29, 0.717) is 38.2 Å². The van der Waals surface area contributed by atoms with Crippen LogP contribution in [-0.2, 0) is 11.3 Å². The van der Waals surface area contributed by atoms with Crippen molar-refractivity contribution >= 4 is 11.7 Å². The van der Waals surface area contributed by atoms with Crippen molar-refractivity contribution in [3.8, 4) is 6.07 Å². The lowest BCUT2D eigenvalue weighted by atomic mass is 10.2. The first kappa shape index (κ1) is 27.0. The number of rotatable bonds is 11. The molecular weight excluding hydrogens is 409 g/mol. The number of pyridine rings is 1. The summed E-state index contributed by atoms with van der Waals surface area (Å²) in [5, 5.41) is 19.2. The molecule has 2 rings (SSSR count). The largest absolute Gasteiger partial charge is 0.400 e. The molecule has 7 nitrogen and oxygen atoms in total. The highest BCUT2D eigenvalue weighted by atomic mass is 19.1. The molecule has 0 radical (unpaired) electrons. The highest BCUT2D eigenvalue weighted by Gasteiger charge is 2.20. The number of hydrogen-bond acceptors (Lipinski definition) is 6. The van der Waals surface area contributed by atoms with Crippen LogP contribution in [0.1, 0.15) is 38.3 Å². The Balaban J connectivity index is 0.00000249. The number of aromatic nitrogens is 1. The molecule has 2 N–H and O–H groups in total. The third kappa shape index (κ3) is 8.61. The quantitative estimate of drug-likeness (QED) is 0.519. The second-order valence-corrected chi connectivity index (χ2v) is 7.14. The van der Waals surface area contributed by atoms with Gasteiger partial charge in [0.1, 0.15) is 17.7 Å². The highest BCUT2D eigenvalue weighted by molar-refractivity contribution is 5.76. The molecule has 0 aliphatic heterocycles. The minimum atomic E-state index is -0.251. The van der Waals surface area contributed by atoms with E-state index in [1.54, 1.807) is 24.4 Å². The van der Waals surface area contributed by atoms with Gasteiger partial charge >= 0.3 is 0 Å². The van der Waals surface area contributed by atoms with Crippen LogP contribution in [0.3, 0.4) is 0 Å². The van der Waals surface area contributed by atoms with Gasteiger partial charge in [-0.1, -0.05) is 12.1 Å². The van der Waals surface area contributed by atoms with Crippen LogP contribution in [0.4, 0.5) is 10.2 Å². The summed E-state index contributed by atoms with van der Waals surface area (Å²) in [4.78, 5) is 21.0. The fraction of sp³-hybridized carbons (Fsp3) is 0.458. The van der Waals surface area contributed by atoms with Crippen LogP contribution in [0.25, 0.3) is 0 Å². The molecule has 174 valence electrons. The maximum Gasteiger partial charge on any atom is 0.223 e. The fourth-order valence-corrected chi connectivity index (χ4v) is 3.33. The lowest BCUT2D eigenvalue weighted by molar-refractivity contribution is -0.131. The Labute approximate surface area is 190 Å². The summed E-state index contributed by atoms with van der Waals surface area (Å²) in [6, 6.07) is 12.1. The summed E-state index contributed by atoms with van der Waals surface area (Å²) in [6.45, 7) is 9.26. The van der Waals surface area contributed by atoms with Gasteiger partial charge in [0.25, 0.3) is 0 Å². The summed E-state index contributed by atoms with van der Waals surface area (Å²) < 4.78 is 12.9.